The minimum absolute atomic E-state index is 0.0379. The van der Waals surface area contributed by atoms with Crippen LogP contribution in [0.2, 0.25) is 0 Å². The Morgan fingerprint density at radius 3 is 2.52 bits per heavy atom. The molecule has 0 spiro atoms. The fraction of sp³-hybridized carbons (Fsp3) is 0.176. The molecule has 0 aliphatic heterocycles. The van der Waals surface area contributed by atoms with E-state index in [0.717, 1.165) is 12.1 Å². The van der Waals surface area contributed by atoms with Gasteiger partial charge in [-0.15, -0.1) is 0 Å². The number of halogens is 3. The lowest BCUT2D eigenvalue weighted by Crippen LogP contribution is -2.06. The van der Waals surface area contributed by atoms with Crippen LogP contribution in [0.25, 0.3) is 11.4 Å². The number of alkyl halides is 3. The molecule has 0 fully saturated rings. The number of nitrogens with zero attached hydrogens (tertiary/aromatic N) is 2. The largest absolute Gasteiger partial charge is 0.485 e. The molecule has 7 nitrogen and oxygen atoms in total. The number of carbonyl (C=O) groups excluding carboxylic acids is 1. The van der Waals surface area contributed by atoms with E-state index in [2.05, 4.69) is 19.6 Å². The van der Waals surface area contributed by atoms with Crippen molar-refractivity contribution in [3.63, 3.8) is 0 Å². The van der Waals surface area contributed by atoms with Gasteiger partial charge in [-0.25, -0.2) is 4.79 Å². The van der Waals surface area contributed by atoms with Crippen molar-refractivity contribution in [3.8, 4) is 17.1 Å². The zero-order valence-corrected chi connectivity index (χ0v) is 13.6. The smallest absolute Gasteiger partial charge is 0.439 e. The summed E-state index contributed by atoms with van der Waals surface area (Å²) >= 11 is 0. The Balaban J connectivity index is 1.99. The van der Waals surface area contributed by atoms with E-state index in [-0.39, 0.29) is 30.2 Å². The second-order valence-electron chi connectivity index (χ2n) is 5.42. The summed E-state index contributed by atoms with van der Waals surface area (Å²) in [5.41, 5.74) is 0.450. The van der Waals surface area contributed by atoms with Crippen LogP contribution in [0.4, 0.5) is 13.2 Å². The third-order valence-electron chi connectivity index (χ3n) is 3.63. The number of nitrogens with one attached hydrogen (secondary N) is 1. The maximum absolute atomic E-state index is 12.7. The molecule has 1 N–H and O–H groups in total. The number of aromatic nitrogens is 3. The first kappa shape index (κ1) is 18.4. The third kappa shape index (κ3) is 4.22. The van der Waals surface area contributed by atoms with Crippen LogP contribution in [0.3, 0.4) is 0 Å². The molecule has 1 aromatic carbocycles. The van der Waals surface area contributed by atoms with Gasteiger partial charge in [-0.2, -0.15) is 13.2 Å². The summed E-state index contributed by atoms with van der Waals surface area (Å²) in [5.74, 6) is -0.532. The molecule has 0 aliphatic rings. The molecule has 0 bridgehead atoms. The molecular formula is C17H12F3N3O4. The first-order valence-electron chi connectivity index (χ1n) is 7.65. The zero-order chi connectivity index (χ0) is 19.4. The quantitative estimate of drug-likeness (QED) is 0.661. The molecular weight excluding hydrogens is 367 g/mol. The van der Waals surface area contributed by atoms with E-state index in [1.807, 2.05) is 0 Å². The maximum atomic E-state index is 12.7. The summed E-state index contributed by atoms with van der Waals surface area (Å²) < 4.78 is 47.9. The Hall–Kier alpha value is -3.43. The lowest BCUT2D eigenvalue weighted by Gasteiger charge is -2.12. The summed E-state index contributed by atoms with van der Waals surface area (Å²) in [7, 11) is 0. The second-order valence-corrected chi connectivity index (χ2v) is 5.42. The Labute approximate surface area is 149 Å². The number of rotatable bonds is 6. The molecule has 0 atom stereocenters. The van der Waals surface area contributed by atoms with Crippen molar-refractivity contribution in [2.24, 2.45) is 0 Å². The molecule has 140 valence electrons. The Bertz CT molecular complexity index is 994. The number of benzene rings is 1. The molecule has 0 saturated carbocycles. The number of H-pyrrole nitrogens is 1. The van der Waals surface area contributed by atoms with Crippen LogP contribution in [0, 0.1) is 0 Å². The van der Waals surface area contributed by atoms with Gasteiger partial charge in [0.05, 0.1) is 16.8 Å². The average molecular weight is 379 g/mol. The summed E-state index contributed by atoms with van der Waals surface area (Å²) in [6, 6.07) is 6.08. The number of aldehydes is 1. The highest BCUT2D eigenvalue weighted by Crippen LogP contribution is 2.32. The predicted molar refractivity (Wildman–Crippen MR) is 86.2 cm³/mol. The standard InChI is InChI=1S/C17H12F3N3O4/c18-17(19,20)11-3-1-10(2-4-11)9-12-14(15-22-16(25)27-23-15)13(5-6-21-12)26-8-7-24/h1-7H,8-9H2,(H,22,23,25). The van der Waals surface area contributed by atoms with E-state index in [9.17, 15) is 22.8 Å². The number of hydrogen-bond donors (Lipinski definition) is 1. The fourth-order valence-electron chi connectivity index (χ4n) is 2.46. The number of pyridine rings is 1. The molecule has 0 unspecified atom stereocenters. The number of aromatic amines is 1. The summed E-state index contributed by atoms with van der Waals surface area (Å²) in [6.45, 7) is -0.237. The van der Waals surface area contributed by atoms with E-state index in [4.69, 9.17) is 4.74 Å². The number of hydrogen-bond acceptors (Lipinski definition) is 6. The van der Waals surface area contributed by atoms with Gasteiger partial charge < -0.3 is 4.74 Å². The molecule has 2 heterocycles. The topological polar surface area (TPSA) is 98.1 Å². The normalized spacial score (nSPS) is 11.4. The molecule has 10 heteroatoms. The Morgan fingerprint density at radius 2 is 1.93 bits per heavy atom. The average Bonchev–Trinajstić information content (AvgIpc) is 3.05. The zero-order valence-electron chi connectivity index (χ0n) is 13.6. The van der Waals surface area contributed by atoms with Crippen molar-refractivity contribution in [1.82, 2.24) is 15.1 Å². The van der Waals surface area contributed by atoms with Gasteiger partial charge in [-0.3, -0.25) is 19.3 Å². The van der Waals surface area contributed by atoms with Crippen LogP contribution in [0.1, 0.15) is 16.8 Å². The molecule has 3 rings (SSSR count). The Kier molecular flexibility index (Phi) is 5.06. The van der Waals surface area contributed by atoms with Crippen LogP contribution in [0.15, 0.2) is 45.8 Å². The van der Waals surface area contributed by atoms with E-state index in [1.54, 1.807) is 0 Å². The lowest BCUT2D eigenvalue weighted by molar-refractivity contribution is -0.137. The highest BCUT2D eigenvalue weighted by molar-refractivity contribution is 5.67. The second kappa shape index (κ2) is 7.44. The van der Waals surface area contributed by atoms with Crippen molar-refractivity contribution in [2.75, 3.05) is 6.61 Å². The van der Waals surface area contributed by atoms with Crippen LogP contribution < -0.4 is 10.5 Å². The summed E-state index contributed by atoms with van der Waals surface area (Å²) in [5, 5.41) is 3.60. The van der Waals surface area contributed by atoms with Crippen LogP contribution in [-0.4, -0.2) is 28.0 Å². The highest BCUT2D eigenvalue weighted by Gasteiger charge is 2.30. The third-order valence-corrected chi connectivity index (χ3v) is 3.63. The first-order chi connectivity index (χ1) is 12.9. The molecule has 0 saturated heterocycles. The van der Waals surface area contributed by atoms with E-state index >= 15 is 0 Å². The van der Waals surface area contributed by atoms with E-state index in [0.29, 0.717) is 17.5 Å². The number of carbonyl (C=O) groups is 1. The predicted octanol–water partition coefficient (Wildman–Crippen LogP) is 2.61. The minimum Gasteiger partial charge on any atom is -0.485 e. The molecule has 0 amide bonds. The van der Waals surface area contributed by atoms with Crippen molar-refractivity contribution in [1.29, 1.82) is 0 Å². The van der Waals surface area contributed by atoms with Gasteiger partial charge >= 0.3 is 11.9 Å². The molecule has 0 radical (unpaired) electrons. The van der Waals surface area contributed by atoms with E-state index in [1.165, 1.54) is 24.4 Å². The van der Waals surface area contributed by atoms with Crippen LogP contribution >= 0.6 is 0 Å². The van der Waals surface area contributed by atoms with Crippen molar-refractivity contribution >= 4 is 6.29 Å². The van der Waals surface area contributed by atoms with Gasteiger partial charge in [0.2, 0.25) is 0 Å². The van der Waals surface area contributed by atoms with Crippen molar-refractivity contribution in [3.05, 3.63) is 63.9 Å². The number of ether oxygens (including phenoxy) is 1. The summed E-state index contributed by atoms with van der Waals surface area (Å²) in [6.07, 6.45) is -2.32. The van der Waals surface area contributed by atoms with Gasteiger partial charge in [0.1, 0.15) is 12.4 Å². The fourth-order valence-corrected chi connectivity index (χ4v) is 2.46. The van der Waals surface area contributed by atoms with Gasteiger partial charge in [-0.05, 0) is 23.8 Å². The molecule has 0 aliphatic carbocycles. The van der Waals surface area contributed by atoms with Gasteiger partial charge in [0.15, 0.2) is 12.1 Å². The first-order valence-corrected chi connectivity index (χ1v) is 7.65. The molecule has 3 aromatic rings. The SMILES string of the molecule is O=CCOc1ccnc(Cc2ccc(C(F)(F)F)cc2)c1-c1noc(=O)[nH]1. The van der Waals surface area contributed by atoms with Gasteiger partial charge in [-0.1, -0.05) is 17.3 Å². The van der Waals surface area contributed by atoms with Crippen LogP contribution in [-0.2, 0) is 17.4 Å². The Morgan fingerprint density at radius 1 is 1.19 bits per heavy atom. The highest BCUT2D eigenvalue weighted by atomic mass is 19.4. The summed E-state index contributed by atoms with van der Waals surface area (Å²) in [4.78, 5) is 28.5. The molecule has 27 heavy (non-hydrogen) atoms. The molecule has 2 aromatic heterocycles. The van der Waals surface area contributed by atoms with Crippen molar-refractivity contribution in [2.45, 2.75) is 12.6 Å². The van der Waals surface area contributed by atoms with Crippen LogP contribution in [0.5, 0.6) is 5.75 Å². The van der Waals surface area contributed by atoms with E-state index < -0.39 is 17.5 Å². The van der Waals surface area contributed by atoms with Gasteiger partial charge in [0.25, 0.3) is 0 Å². The maximum Gasteiger partial charge on any atom is 0.439 e. The van der Waals surface area contributed by atoms with Gasteiger partial charge in [0, 0.05) is 12.6 Å². The lowest BCUT2D eigenvalue weighted by atomic mass is 10.0. The monoisotopic (exact) mass is 379 g/mol. The van der Waals surface area contributed by atoms with Crippen molar-refractivity contribution < 1.29 is 27.2 Å². The minimum atomic E-state index is -4.43.